The van der Waals surface area contributed by atoms with Gasteiger partial charge < -0.3 is 20.9 Å². The molecule has 3 amide bonds. The van der Waals surface area contributed by atoms with Crippen LogP contribution in [0.15, 0.2) is 36.4 Å². The smallest absolute Gasteiger partial charge is 0.251 e. The second-order valence-corrected chi connectivity index (χ2v) is 12.9. The highest BCUT2D eigenvalue weighted by atomic mass is 16.2. The van der Waals surface area contributed by atoms with Gasteiger partial charge in [-0.2, -0.15) is 5.26 Å². The predicted molar refractivity (Wildman–Crippen MR) is 170 cm³/mol. The number of aromatic nitrogens is 4. The number of nitrogens with zero attached hydrogens (tertiary/aromatic N) is 5. The summed E-state index contributed by atoms with van der Waals surface area (Å²) in [5, 5.41) is 34.5. The number of aromatic amines is 1. The first-order chi connectivity index (χ1) is 22.2. The fraction of sp³-hybridized carbons (Fsp3) is 0.500. The summed E-state index contributed by atoms with van der Waals surface area (Å²) in [6, 6.07) is 13.5. The van der Waals surface area contributed by atoms with Crippen LogP contribution in [-0.2, 0) is 23.1 Å². The van der Waals surface area contributed by atoms with E-state index in [1.165, 1.54) is 0 Å². The topological polar surface area (TPSA) is 169 Å². The Morgan fingerprint density at radius 1 is 1.00 bits per heavy atom. The van der Waals surface area contributed by atoms with E-state index in [1.54, 1.807) is 25.9 Å². The molecule has 4 N–H and O–H groups in total. The summed E-state index contributed by atoms with van der Waals surface area (Å²) in [7, 11) is 3.24. The van der Waals surface area contributed by atoms with Crippen molar-refractivity contribution in [2.24, 2.45) is 0 Å². The summed E-state index contributed by atoms with van der Waals surface area (Å²) < 4.78 is 0. The first-order valence-corrected chi connectivity index (χ1v) is 16.2. The zero-order valence-corrected chi connectivity index (χ0v) is 26.7. The second-order valence-electron chi connectivity index (χ2n) is 12.9. The molecule has 0 radical (unpaired) electrons. The summed E-state index contributed by atoms with van der Waals surface area (Å²) in [5.41, 5.74) is 3.77. The first-order valence-electron chi connectivity index (χ1n) is 16.2. The van der Waals surface area contributed by atoms with Gasteiger partial charge in [0.05, 0.1) is 18.0 Å². The van der Waals surface area contributed by atoms with Crippen molar-refractivity contribution in [2.45, 2.75) is 87.7 Å². The number of rotatable bonds is 10. The molecule has 1 aromatic heterocycles. The molecule has 1 unspecified atom stereocenters. The van der Waals surface area contributed by atoms with Crippen LogP contribution >= 0.6 is 0 Å². The zero-order valence-electron chi connectivity index (χ0n) is 26.7. The highest BCUT2D eigenvalue weighted by Gasteiger charge is 2.51. The standard InChI is InChI=1S/C34H41N9O3/c1-21(18-35)43(26-10-11-26)29(44)19-38-33(14-4-5-15-33)20-34(32-39-41-42-40-32)27-12-8-24(30(45)36-2)16-22(27)6-7-23-17-25(31(46)37-3)9-13-28(23)34/h8-9,12-13,16-17,21,26,38H,4-7,10-11,14-15,19-20H2,1-3H3,(H,36,45)(H,37,46)(H,39,40,41,42). The van der Waals surface area contributed by atoms with Gasteiger partial charge in [-0.05, 0) is 109 Å². The minimum atomic E-state index is -0.885. The van der Waals surface area contributed by atoms with Crippen molar-refractivity contribution in [2.75, 3.05) is 20.6 Å². The number of H-pyrrole nitrogens is 1. The summed E-state index contributed by atoms with van der Waals surface area (Å²) >= 11 is 0. The van der Waals surface area contributed by atoms with Crippen molar-refractivity contribution in [3.63, 3.8) is 0 Å². The maximum absolute atomic E-state index is 13.6. The van der Waals surface area contributed by atoms with Crippen molar-refractivity contribution in [1.29, 1.82) is 5.26 Å². The van der Waals surface area contributed by atoms with Gasteiger partial charge in [-0.1, -0.05) is 25.0 Å². The van der Waals surface area contributed by atoms with Crippen LogP contribution in [0.3, 0.4) is 0 Å². The molecular formula is C34H41N9O3. The number of fused-ring (bicyclic) bond motifs is 2. The van der Waals surface area contributed by atoms with E-state index in [2.05, 4.69) is 42.6 Å². The summed E-state index contributed by atoms with van der Waals surface area (Å²) in [4.78, 5) is 40.9. The Labute approximate surface area is 268 Å². The number of hydrogen-bond donors (Lipinski definition) is 4. The lowest BCUT2D eigenvalue weighted by molar-refractivity contribution is -0.132. The van der Waals surface area contributed by atoms with E-state index >= 15 is 0 Å². The molecule has 0 saturated heterocycles. The molecule has 2 saturated carbocycles. The number of hydrogen-bond acceptors (Lipinski definition) is 8. The van der Waals surface area contributed by atoms with Gasteiger partial charge in [0.2, 0.25) is 5.91 Å². The molecule has 3 aliphatic carbocycles. The fourth-order valence-corrected chi connectivity index (χ4v) is 7.77. The Morgan fingerprint density at radius 3 is 2.07 bits per heavy atom. The number of carbonyl (C=O) groups excluding carboxylic acids is 3. The lowest BCUT2D eigenvalue weighted by atomic mass is 9.64. The highest BCUT2D eigenvalue weighted by molar-refractivity contribution is 5.95. The molecule has 1 heterocycles. The highest BCUT2D eigenvalue weighted by Crippen LogP contribution is 2.51. The molecular weight excluding hydrogens is 582 g/mol. The number of aryl methyl sites for hydroxylation is 2. The van der Waals surface area contributed by atoms with Crippen LogP contribution in [0.4, 0.5) is 0 Å². The van der Waals surface area contributed by atoms with Gasteiger partial charge in [0.15, 0.2) is 5.82 Å². The average molecular weight is 624 g/mol. The quantitative estimate of drug-likeness (QED) is 0.267. The molecule has 0 spiro atoms. The van der Waals surface area contributed by atoms with Crippen LogP contribution in [0.2, 0.25) is 0 Å². The summed E-state index contributed by atoms with van der Waals surface area (Å²) in [5.74, 6) is 0.162. The third-order valence-corrected chi connectivity index (χ3v) is 10.1. The molecule has 0 bridgehead atoms. The third kappa shape index (κ3) is 5.64. The van der Waals surface area contributed by atoms with Crippen LogP contribution < -0.4 is 16.0 Å². The van der Waals surface area contributed by atoms with Crippen LogP contribution in [-0.4, -0.2) is 81.5 Å². The van der Waals surface area contributed by atoms with Gasteiger partial charge >= 0.3 is 0 Å². The van der Waals surface area contributed by atoms with Crippen LogP contribution in [0.1, 0.15) is 101 Å². The molecule has 240 valence electrons. The number of benzene rings is 2. The lowest BCUT2D eigenvalue weighted by Gasteiger charge is -2.43. The van der Waals surface area contributed by atoms with Gasteiger partial charge in [0.25, 0.3) is 11.8 Å². The molecule has 0 aliphatic heterocycles. The van der Waals surface area contributed by atoms with E-state index in [9.17, 15) is 19.6 Å². The molecule has 2 fully saturated rings. The van der Waals surface area contributed by atoms with Crippen molar-refractivity contribution in [3.05, 3.63) is 75.6 Å². The molecule has 2 aromatic carbocycles. The number of nitrogens with one attached hydrogen (secondary N) is 4. The molecule has 6 rings (SSSR count). The molecule has 3 aliphatic rings. The normalized spacial score (nSPS) is 18.3. The zero-order chi connectivity index (χ0) is 32.5. The molecule has 12 nitrogen and oxygen atoms in total. The summed E-state index contributed by atoms with van der Waals surface area (Å²) in [6.07, 6.45) is 7.37. The Morgan fingerprint density at radius 2 is 1.59 bits per heavy atom. The lowest BCUT2D eigenvalue weighted by Crippen LogP contribution is -2.54. The van der Waals surface area contributed by atoms with Crippen LogP contribution in [0, 0.1) is 11.3 Å². The van der Waals surface area contributed by atoms with E-state index < -0.39 is 17.0 Å². The summed E-state index contributed by atoms with van der Waals surface area (Å²) in [6.45, 7) is 1.91. The largest absolute Gasteiger partial charge is 0.355 e. The Balaban J connectivity index is 1.49. The van der Waals surface area contributed by atoms with Crippen LogP contribution in [0.25, 0.3) is 0 Å². The maximum Gasteiger partial charge on any atom is 0.251 e. The van der Waals surface area contributed by atoms with Crippen LogP contribution in [0.5, 0.6) is 0 Å². The Kier molecular flexibility index (Phi) is 8.61. The fourth-order valence-electron chi connectivity index (χ4n) is 7.77. The monoisotopic (exact) mass is 623 g/mol. The number of carbonyl (C=O) groups is 3. The SMILES string of the molecule is CNC(=O)c1ccc2c(c1)CCc1cc(C(=O)NC)ccc1C2(CC1(NCC(=O)N(C(C)C#N)C2CC2)CCCC1)c1nnn[nH]1. The maximum atomic E-state index is 13.6. The average Bonchev–Trinajstić information content (AvgIpc) is 3.57. The van der Waals surface area contributed by atoms with Gasteiger partial charge in [0, 0.05) is 36.8 Å². The molecule has 1 atom stereocenters. The number of tetrazole rings is 1. The van der Waals surface area contributed by atoms with Crippen molar-refractivity contribution >= 4 is 17.7 Å². The van der Waals surface area contributed by atoms with Crippen molar-refractivity contribution in [1.82, 2.24) is 41.5 Å². The van der Waals surface area contributed by atoms with E-state index in [0.29, 0.717) is 36.2 Å². The van der Waals surface area contributed by atoms with Crippen molar-refractivity contribution < 1.29 is 14.4 Å². The van der Waals surface area contributed by atoms with Gasteiger partial charge in [-0.3, -0.25) is 14.4 Å². The number of amides is 3. The van der Waals surface area contributed by atoms with Gasteiger partial charge in [-0.25, -0.2) is 5.10 Å². The molecule has 46 heavy (non-hydrogen) atoms. The Hall–Kier alpha value is -4.63. The Bertz CT molecular complexity index is 1600. The van der Waals surface area contributed by atoms with E-state index in [0.717, 1.165) is 60.8 Å². The van der Waals surface area contributed by atoms with E-state index in [-0.39, 0.29) is 30.3 Å². The van der Waals surface area contributed by atoms with E-state index in [1.807, 2.05) is 36.4 Å². The molecule has 12 heteroatoms. The van der Waals surface area contributed by atoms with Gasteiger partial charge in [0.1, 0.15) is 6.04 Å². The van der Waals surface area contributed by atoms with E-state index in [4.69, 9.17) is 0 Å². The minimum absolute atomic E-state index is 0.0645. The first kappa shape index (κ1) is 31.4. The van der Waals surface area contributed by atoms with Gasteiger partial charge in [-0.15, -0.1) is 5.10 Å². The second kappa shape index (κ2) is 12.6. The minimum Gasteiger partial charge on any atom is -0.355 e. The predicted octanol–water partition coefficient (Wildman–Crippen LogP) is 2.55. The third-order valence-electron chi connectivity index (χ3n) is 10.1. The molecule has 3 aromatic rings. The number of nitriles is 1. The van der Waals surface area contributed by atoms with Crippen molar-refractivity contribution in [3.8, 4) is 6.07 Å².